The minimum atomic E-state index is -3.61. The van der Waals surface area contributed by atoms with E-state index in [1.807, 2.05) is 49.1 Å². The number of amides is 1. The van der Waals surface area contributed by atoms with Gasteiger partial charge in [-0.25, -0.2) is 8.42 Å². The van der Waals surface area contributed by atoms with Crippen LogP contribution in [0, 0.1) is 6.92 Å². The van der Waals surface area contributed by atoms with Crippen LogP contribution >= 0.6 is 0 Å². The number of sulfonamides is 1. The van der Waals surface area contributed by atoms with Crippen LogP contribution in [0.1, 0.15) is 48.5 Å². The van der Waals surface area contributed by atoms with Crippen LogP contribution in [0.3, 0.4) is 0 Å². The first-order valence-electron chi connectivity index (χ1n) is 11.1. The third kappa shape index (κ3) is 4.62. The molecule has 2 atom stereocenters. The fourth-order valence-electron chi connectivity index (χ4n) is 4.56. The first kappa shape index (κ1) is 21.8. The monoisotopic (exact) mass is 441 g/mol. The Morgan fingerprint density at radius 3 is 2.55 bits per heavy atom. The molecule has 2 aliphatic rings. The summed E-state index contributed by atoms with van der Waals surface area (Å²) in [5.74, 6) is -0.0985. The van der Waals surface area contributed by atoms with E-state index < -0.39 is 10.0 Å². The summed E-state index contributed by atoms with van der Waals surface area (Å²) in [4.78, 5) is 15.3. The number of nitrogens with zero attached hydrogens (tertiary/aromatic N) is 2. The van der Waals surface area contributed by atoms with Crippen molar-refractivity contribution >= 4 is 21.6 Å². The quantitative estimate of drug-likeness (QED) is 0.764. The van der Waals surface area contributed by atoms with E-state index in [9.17, 15) is 13.2 Å². The van der Waals surface area contributed by atoms with E-state index in [4.69, 9.17) is 0 Å². The van der Waals surface area contributed by atoms with Gasteiger partial charge in [-0.2, -0.15) is 4.31 Å². The highest BCUT2D eigenvalue weighted by Crippen LogP contribution is 2.27. The first-order valence-corrected chi connectivity index (χ1v) is 12.5. The third-order valence-electron chi connectivity index (χ3n) is 6.41. The lowest BCUT2D eigenvalue weighted by Gasteiger charge is -2.32. The number of carbonyl (C=O) groups is 1. The number of carbonyl (C=O) groups excluding carboxylic acids is 1. The van der Waals surface area contributed by atoms with Gasteiger partial charge in [0.05, 0.1) is 4.90 Å². The topological polar surface area (TPSA) is 69.7 Å². The predicted molar refractivity (Wildman–Crippen MR) is 123 cm³/mol. The summed E-state index contributed by atoms with van der Waals surface area (Å²) in [5, 5.41) is 3.48. The maximum absolute atomic E-state index is 13.3. The molecule has 1 amide bonds. The van der Waals surface area contributed by atoms with Crippen LogP contribution in [0.2, 0.25) is 0 Å². The molecular formula is C24H31N3O3S. The number of nitrogens with one attached hydrogen (secondary N) is 1. The molecule has 0 bridgehead atoms. The summed E-state index contributed by atoms with van der Waals surface area (Å²) in [6.07, 6.45) is 3.67. The van der Waals surface area contributed by atoms with Crippen LogP contribution in [-0.2, 0) is 10.0 Å². The molecule has 2 aromatic carbocycles. The highest BCUT2D eigenvalue weighted by molar-refractivity contribution is 7.89. The molecule has 0 aromatic heterocycles. The van der Waals surface area contributed by atoms with Gasteiger partial charge >= 0.3 is 0 Å². The molecular weight excluding hydrogens is 410 g/mol. The molecule has 2 unspecified atom stereocenters. The predicted octanol–water partition coefficient (Wildman–Crippen LogP) is 3.88. The molecule has 0 saturated carbocycles. The van der Waals surface area contributed by atoms with E-state index in [2.05, 4.69) is 5.32 Å². The number of para-hydroxylation sites is 1. The maximum atomic E-state index is 13.3. The summed E-state index contributed by atoms with van der Waals surface area (Å²) in [7, 11) is -3.61. The molecule has 6 nitrogen and oxygen atoms in total. The molecule has 7 heteroatoms. The Morgan fingerprint density at radius 2 is 1.81 bits per heavy atom. The van der Waals surface area contributed by atoms with Crippen LogP contribution in [0.4, 0.5) is 5.69 Å². The van der Waals surface area contributed by atoms with Crippen molar-refractivity contribution in [2.24, 2.45) is 0 Å². The highest BCUT2D eigenvalue weighted by Gasteiger charge is 2.33. The van der Waals surface area contributed by atoms with Crippen molar-refractivity contribution in [3.8, 4) is 0 Å². The number of rotatable bonds is 5. The fourth-order valence-corrected chi connectivity index (χ4v) is 6.29. The summed E-state index contributed by atoms with van der Waals surface area (Å²) >= 11 is 0. The van der Waals surface area contributed by atoms with E-state index >= 15 is 0 Å². The number of piperidine rings is 1. The van der Waals surface area contributed by atoms with Gasteiger partial charge in [0.15, 0.2) is 0 Å². The Labute approximate surface area is 185 Å². The zero-order chi connectivity index (χ0) is 22.0. The summed E-state index contributed by atoms with van der Waals surface area (Å²) in [6, 6.07) is 15.1. The molecule has 166 valence electrons. The standard InChI is InChI=1S/C24H31N3O3S/c1-18-11-12-22(31(29,30)27-14-7-6-8-19(27)2)16-23(18)24(28)26-15-13-21(17-26)25-20-9-4-3-5-10-20/h3-5,9-12,16,19,21,25H,6-8,13-15,17H2,1-2H3. The molecule has 4 rings (SSSR count). The number of anilines is 1. The summed E-state index contributed by atoms with van der Waals surface area (Å²) in [6.45, 7) is 5.62. The minimum absolute atomic E-state index is 0.0115. The van der Waals surface area contributed by atoms with Crippen molar-refractivity contribution in [2.45, 2.75) is 56.5 Å². The van der Waals surface area contributed by atoms with Crippen molar-refractivity contribution in [2.75, 3.05) is 25.0 Å². The number of likely N-dealkylation sites (tertiary alicyclic amines) is 1. The molecule has 0 aliphatic carbocycles. The van der Waals surface area contributed by atoms with Gasteiger partial charge in [0.2, 0.25) is 10.0 Å². The van der Waals surface area contributed by atoms with Crippen molar-refractivity contribution < 1.29 is 13.2 Å². The summed E-state index contributed by atoms with van der Waals surface area (Å²) < 4.78 is 28.1. The van der Waals surface area contributed by atoms with E-state index in [0.717, 1.165) is 36.9 Å². The SMILES string of the molecule is Cc1ccc(S(=O)(=O)N2CCCCC2C)cc1C(=O)N1CCC(Nc2ccccc2)C1. The average molecular weight is 442 g/mol. The van der Waals surface area contributed by atoms with Crippen molar-refractivity contribution in [3.63, 3.8) is 0 Å². The van der Waals surface area contributed by atoms with Crippen LogP contribution in [0.15, 0.2) is 53.4 Å². The highest BCUT2D eigenvalue weighted by atomic mass is 32.2. The van der Waals surface area contributed by atoms with Gasteiger partial charge in [-0.05, 0) is 62.9 Å². The Kier molecular flexibility index (Phi) is 6.34. The van der Waals surface area contributed by atoms with Crippen molar-refractivity contribution in [1.82, 2.24) is 9.21 Å². The lowest BCUT2D eigenvalue weighted by Crippen LogP contribution is -2.42. The van der Waals surface area contributed by atoms with E-state index in [0.29, 0.717) is 25.2 Å². The van der Waals surface area contributed by atoms with E-state index in [1.165, 1.54) is 0 Å². The molecule has 31 heavy (non-hydrogen) atoms. The minimum Gasteiger partial charge on any atom is -0.380 e. The Balaban J connectivity index is 1.51. The van der Waals surface area contributed by atoms with E-state index in [-0.39, 0.29) is 22.9 Å². The third-order valence-corrected chi connectivity index (χ3v) is 8.42. The van der Waals surface area contributed by atoms with Crippen LogP contribution in [0.25, 0.3) is 0 Å². The largest absolute Gasteiger partial charge is 0.380 e. The molecule has 0 radical (unpaired) electrons. The fraction of sp³-hybridized carbons (Fsp3) is 0.458. The van der Waals surface area contributed by atoms with Gasteiger partial charge in [-0.15, -0.1) is 0 Å². The molecule has 2 aromatic rings. The molecule has 0 spiro atoms. The van der Waals surface area contributed by atoms with E-state index in [1.54, 1.807) is 22.5 Å². The van der Waals surface area contributed by atoms with Gasteiger partial charge in [0.1, 0.15) is 0 Å². The second kappa shape index (κ2) is 9.01. The molecule has 2 fully saturated rings. The van der Waals surface area contributed by atoms with Crippen LogP contribution in [0.5, 0.6) is 0 Å². The van der Waals surface area contributed by atoms with Gasteiger partial charge in [-0.3, -0.25) is 4.79 Å². The lowest BCUT2D eigenvalue weighted by atomic mass is 10.1. The number of hydrogen-bond acceptors (Lipinski definition) is 4. The Hall–Kier alpha value is -2.38. The maximum Gasteiger partial charge on any atom is 0.254 e. The van der Waals surface area contributed by atoms with Crippen LogP contribution < -0.4 is 5.32 Å². The zero-order valence-electron chi connectivity index (χ0n) is 18.3. The van der Waals surface area contributed by atoms with Gasteiger partial charge in [-0.1, -0.05) is 30.7 Å². The first-order chi connectivity index (χ1) is 14.9. The second-order valence-corrected chi connectivity index (χ2v) is 10.6. The normalized spacial score (nSPS) is 22.5. The summed E-state index contributed by atoms with van der Waals surface area (Å²) in [5.41, 5.74) is 2.32. The number of hydrogen-bond donors (Lipinski definition) is 1. The van der Waals surface area contributed by atoms with Crippen LogP contribution in [-0.4, -0.2) is 55.2 Å². The van der Waals surface area contributed by atoms with Crippen molar-refractivity contribution in [1.29, 1.82) is 0 Å². The average Bonchev–Trinajstić information content (AvgIpc) is 3.23. The number of benzene rings is 2. The molecule has 1 N–H and O–H groups in total. The second-order valence-electron chi connectivity index (χ2n) is 8.68. The van der Waals surface area contributed by atoms with Gasteiger partial charge in [0.25, 0.3) is 5.91 Å². The molecule has 2 saturated heterocycles. The van der Waals surface area contributed by atoms with Gasteiger partial charge in [0, 0.05) is 43.0 Å². The molecule has 2 aliphatic heterocycles. The van der Waals surface area contributed by atoms with Gasteiger partial charge < -0.3 is 10.2 Å². The molecule has 2 heterocycles. The smallest absolute Gasteiger partial charge is 0.254 e. The number of aryl methyl sites for hydroxylation is 1. The Bertz CT molecular complexity index is 1040. The zero-order valence-corrected chi connectivity index (χ0v) is 19.1. The Morgan fingerprint density at radius 1 is 1.03 bits per heavy atom. The van der Waals surface area contributed by atoms with Crippen molar-refractivity contribution in [3.05, 3.63) is 59.7 Å². The lowest BCUT2D eigenvalue weighted by molar-refractivity contribution is 0.0790.